The van der Waals surface area contributed by atoms with Crippen LogP contribution >= 0.6 is 11.3 Å². The van der Waals surface area contributed by atoms with Crippen molar-refractivity contribution >= 4 is 38.8 Å². The van der Waals surface area contributed by atoms with E-state index in [4.69, 9.17) is 5.26 Å². The molecule has 7 heteroatoms. The fourth-order valence-corrected chi connectivity index (χ4v) is 3.99. The van der Waals surface area contributed by atoms with Gasteiger partial charge in [0.15, 0.2) is 4.91 Å². The first kappa shape index (κ1) is 15.9. The molecule has 0 radical (unpaired) electrons. The van der Waals surface area contributed by atoms with Gasteiger partial charge in [0.05, 0.1) is 0 Å². The zero-order chi connectivity index (χ0) is 16.2. The average molecular weight is 332 g/mol. The molecule has 112 valence electrons. The number of allylic oxidation sites excluding steroid dienone is 1. The molecular weight excluding hydrogens is 320 g/mol. The molecule has 0 unspecified atom stereocenters. The Bertz CT molecular complexity index is 843. The molecule has 0 aliphatic carbocycles. The molecule has 22 heavy (non-hydrogen) atoms. The van der Waals surface area contributed by atoms with Crippen molar-refractivity contribution in [1.29, 1.82) is 5.26 Å². The van der Waals surface area contributed by atoms with Crippen molar-refractivity contribution in [2.24, 2.45) is 0 Å². The number of hydrogen-bond acceptors (Lipinski definition) is 5. The highest BCUT2D eigenvalue weighted by molar-refractivity contribution is 7.97. The average Bonchev–Trinajstić information content (AvgIpc) is 3.00. The normalized spacial score (nSPS) is 11.7. The summed E-state index contributed by atoms with van der Waals surface area (Å²) in [7, 11) is -3.79. The minimum atomic E-state index is -3.79. The Hall–Kier alpha value is -2.43. The summed E-state index contributed by atoms with van der Waals surface area (Å²) >= 11 is 1.07. The quantitative estimate of drug-likeness (QED) is 0.872. The van der Waals surface area contributed by atoms with Crippen LogP contribution in [0.5, 0.6) is 0 Å². The van der Waals surface area contributed by atoms with Gasteiger partial charge in [-0.1, -0.05) is 18.2 Å². The first-order chi connectivity index (χ1) is 10.4. The molecule has 1 aromatic heterocycles. The van der Waals surface area contributed by atoms with Gasteiger partial charge < -0.3 is 5.32 Å². The molecule has 2 aromatic rings. The topological polar surface area (TPSA) is 87.0 Å². The maximum absolute atomic E-state index is 12.3. The number of amides is 1. The largest absolute Gasteiger partial charge is 0.326 e. The van der Waals surface area contributed by atoms with Crippen molar-refractivity contribution in [3.8, 4) is 6.07 Å². The monoisotopic (exact) mass is 332 g/mol. The number of thiophene rings is 1. The number of sulfone groups is 1. The van der Waals surface area contributed by atoms with Crippen LogP contribution < -0.4 is 5.32 Å². The zero-order valence-electron chi connectivity index (χ0n) is 11.6. The first-order valence-electron chi connectivity index (χ1n) is 6.21. The van der Waals surface area contributed by atoms with E-state index in [9.17, 15) is 13.2 Å². The lowest BCUT2D eigenvalue weighted by Crippen LogP contribution is -2.05. The molecule has 1 amide bonds. The van der Waals surface area contributed by atoms with E-state index < -0.39 is 9.84 Å². The highest BCUT2D eigenvalue weighted by Crippen LogP contribution is 2.25. The summed E-state index contributed by atoms with van der Waals surface area (Å²) < 4.78 is 24.7. The van der Waals surface area contributed by atoms with Crippen LogP contribution in [-0.2, 0) is 14.6 Å². The Labute approximate surface area is 132 Å². The summed E-state index contributed by atoms with van der Waals surface area (Å²) in [6.07, 6.45) is 1.31. The van der Waals surface area contributed by atoms with Gasteiger partial charge in [-0.15, -0.1) is 11.3 Å². The third kappa shape index (κ3) is 3.61. The van der Waals surface area contributed by atoms with Crippen LogP contribution in [0.2, 0.25) is 0 Å². The van der Waals surface area contributed by atoms with Crippen LogP contribution in [0.1, 0.15) is 12.5 Å². The van der Waals surface area contributed by atoms with Gasteiger partial charge in [-0.05, 0) is 35.2 Å². The summed E-state index contributed by atoms with van der Waals surface area (Å²) in [6.45, 7) is 1.40. The maximum Gasteiger partial charge on any atom is 0.226 e. The molecule has 1 heterocycles. The van der Waals surface area contributed by atoms with Gasteiger partial charge in [-0.3, -0.25) is 4.79 Å². The second-order valence-electron chi connectivity index (χ2n) is 4.36. The Balaban J connectivity index is 2.34. The van der Waals surface area contributed by atoms with Gasteiger partial charge in [0.2, 0.25) is 15.7 Å². The molecule has 0 bridgehead atoms. The summed E-state index contributed by atoms with van der Waals surface area (Å²) in [5, 5.41) is 13.4. The third-order valence-electron chi connectivity index (χ3n) is 2.69. The van der Waals surface area contributed by atoms with Crippen LogP contribution in [0.25, 0.3) is 6.08 Å². The molecule has 2 rings (SSSR count). The summed E-state index contributed by atoms with van der Waals surface area (Å²) in [6, 6.07) is 11.4. The maximum atomic E-state index is 12.3. The molecule has 1 aromatic carbocycles. The highest BCUT2D eigenvalue weighted by Gasteiger charge is 2.21. The lowest BCUT2D eigenvalue weighted by molar-refractivity contribution is -0.114. The Morgan fingerprint density at radius 2 is 1.95 bits per heavy atom. The molecule has 0 saturated heterocycles. The van der Waals surface area contributed by atoms with Crippen molar-refractivity contribution in [3.05, 3.63) is 52.2 Å². The third-order valence-corrected chi connectivity index (χ3v) is 5.75. The Kier molecular flexibility index (Phi) is 4.75. The molecule has 1 N–H and O–H groups in total. The van der Waals surface area contributed by atoms with E-state index >= 15 is 0 Å². The predicted molar refractivity (Wildman–Crippen MR) is 85.8 cm³/mol. The van der Waals surface area contributed by atoms with Crippen LogP contribution in [0.3, 0.4) is 0 Å². The Morgan fingerprint density at radius 1 is 1.27 bits per heavy atom. The highest BCUT2D eigenvalue weighted by atomic mass is 32.2. The number of carbonyl (C=O) groups excluding carboxylic acids is 1. The summed E-state index contributed by atoms with van der Waals surface area (Å²) in [5.74, 6) is -0.193. The van der Waals surface area contributed by atoms with Gasteiger partial charge >= 0.3 is 0 Å². The van der Waals surface area contributed by atoms with Crippen molar-refractivity contribution < 1.29 is 13.2 Å². The van der Waals surface area contributed by atoms with E-state index in [1.54, 1.807) is 41.8 Å². The number of nitrogens with zero attached hydrogens (tertiary/aromatic N) is 1. The predicted octanol–water partition coefficient (Wildman–Crippen LogP) is 3.04. The number of carbonyl (C=O) groups is 1. The lowest BCUT2D eigenvalue weighted by atomic mass is 10.2. The van der Waals surface area contributed by atoms with E-state index in [2.05, 4.69) is 5.32 Å². The Morgan fingerprint density at radius 3 is 2.45 bits per heavy atom. The standard InChI is InChI=1S/C15H12N2O3S2/c1-11(18)17-13-6-4-12(5-7-13)9-14(10-16)22(19,20)15-3-2-8-21-15/h2-9H,1H3,(H,17,18)/b14-9+. The minimum absolute atomic E-state index is 0.134. The number of benzene rings is 1. The van der Waals surface area contributed by atoms with Crippen LogP contribution in [0, 0.1) is 11.3 Å². The molecule has 0 saturated carbocycles. The van der Waals surface area contributed by atoms with Crippen molar-refractivity contribution in [1.82, 2.24) is 0 Å². The van der Waals surface area contributed by atoms with Crippen LogP contribution in [-0.4, -0.2) is 14.3 Å². The summed E-state index contributed by atoms with van der Waals surface area (Å²) in [5.41, 5.74) is 1.16. The molecule has 0 aliphatic rings. The number of nitriles is 1. The number of nitrogens with one attached hydrogen (secondary N) is 1. The molecule has 0 aliphatic heterocycles. The number of anilines is 1. The van der Waals surface area contributed by atoms with Gasteiger partial charge in [-0.25, -0.2) is 8.42 Å². The second-order valence-corrected chi connectivity index (χ2v) is 7.45. The van der Waals surface area contributed by atoms with E-state index in [1.807, 2.05) is 0 Å². The van der Waals surface area contributed by atoms with Gasteiger partial charge in [-0.2, -0.15) is 5.26 Å². The van der Waals surface area contributed by atoms with Gasteiger partial charge in [0, 0.05) is 12.6 Å². The number of hydrogen-bond donors (Lipinski definition) is 1. The van der Waals surface area contributed by atoms with Crippen molar-refractivity contribution in [2.75, 3.05) is 5.32 Å². The minimum Gasteiger partial charge on any atom is -0.326 e. The SMILES string of the molecule is CC(=O)Nc1ccc(/C=C(\C#N)S(=O)(=O)c2cccs2)cc1. The molecule has 0 spiro atoms. The van der Waals surface area contributed by atoms with Gasteiger partial charge in [0.1, 0.15) is 10.3 Å². The van der Waals surface area contributed by atoms with Crippen LogP contribution in [0.4, 0.5) is 5.69 Å². The van der Waals surface area contributed by atoms with E-state index in [1.165, 1.54) is 19.1 Å². The number of rotatable bonds is 4. The van der Waals surface area contributed by atoms with Gasteiger partial charge in [0.25, 0.3) is 0 Å². The van der Waals surface area contributed by atoms with E-state index in [-0.39, 0.29) is 15.0 Å². The van der Waals surface area contributed by atoms with Crippen LogP contribution in [0.15, 0.2) is 50.9 Å². The van der Waals surface area contributed by atoms with E-state index in [0.29, 0.717) is 11.3 Å². The first-order valence-corrected chi connectivity index (χ1v) is 8.58. The van der Waals surface area contributed by atoms with Crippen molar-refractivity contribution in [2.45, 2.75) is 11.1 Å². The summed E-state index contributed by atoms with van der Waals surface area (Å²) in [4.78, 5) is 10.6. The lowest BCUT2D eigenvalue weighted by Gasteiger charge is -2.03. The van der Waals surface area contributed by atoms with E-state index in [0.717, 1.165) is 11.3 Å². The smallest absolute Gasteiger partial charge is 0.226 e. The fraction of sp³-hybridized carbons (Fsp3) is 0.0667. The zero-order valence-corrected chi connectivity index (χ0v) is 13.2. The fourth-order valence-electron chi connectivity index (χ4n) is 1.71. The second kappa shape index (κ2) is 6.56. The van der Waals surface area contributed by atoms with Crippen molar-refractivity contribution in [3.63, 3.8) is 0 Å². The molecule has 0 fully saturated rings. The molecule has 0 atom stereocenters. The molecular formula is C15H12N2O3S2. The molecule has 5 nitrogen and oxygen atoms in total.